The van der Waals surface area contributed by atoms with Crippen LogP contribution < -0.4 is 0 Å². The first kappa shape index (κ1) is 11.3. The molecule has 0 atom stereocenters. The van der Waals surface area contributed by atoms with E-state index in [4.69, 9.17) is 0 Å². The van der Waals surface area contributed by atoms with E-state index >= 15 is 0 Å². The van der Waals surface area contributed by atoms with Gasteiger partial charge in [0.2, 0.25) is 0 Å². The van der Waals surface area contributed by atoms with E-state index in [-0.39, 0.29) is 0 Å². The highest BCUT2D eigenvalue weighted by Crippen LogP contribution is 2.23. The Balaban J connectivity index is 4.10. The molecule has 0 radical (unpaired) electrons. The van der Waals surface area contributed by atoms with Crippen LogP contribution in [0.4, 0.5) is 0 Å². The largest absolute Gasteiger partial charge is 0.377 e. The third-order valence-electron chi connectivity index (χ3n) is 2.18. The molecule has 70 valence electrons. The maximum atomic E-state index is 3.70. The van der Waals surface area contributed by atoms with Crippen LogP contribution in [0, 0.1) is 5.41 Å². The minimum Gasteiger partial charge on any atom is -0.377 e. The second-order valence-electron chi connectivity index (χ2n) is 4.26. The number of hydrogen-bond donors (Lipinski definition) is 0. The molecule has 0 aliphatic carbocycles. The fourth-order valence-corrected chi connectivity index (χ4v) is 0.662. The quantitative estimate of drug-likeness (QED) is 0.584. The number of likely N-dealkylation sites (N-methyl/N-ethyl adjacent to an activating group) is 1. The Morgan fingerprint density at radius 2 is 1.92 bits per heavy atom. The van der Waals surface area contributed by atoms with Crippen LogP contribution in [-0.2, 0) is 0 Å². The minimum absolute atomic E-state index is 0.294. The van der Waals surface area contributed by atoms with E-state index in [0.29, 0.717) is 5.41 Å². The zero-order valence-corrected chi connectivity index (χ0v) is 9.02. The summed E-state index contributed by atoms with van der Waals surface area (Å²) in [6.07, 6.45) is 4.09. The van der Waals surface area contributed by atoms with E-state index in [2.05, 4.69) is 45.2 Å². The number of hydrogen-bond acceptors (Lipinski definition) is 1. The molecule has 12 heavy (non-hydrogen) atoms. The van der Waals surface area contributed by atoms with Gasteiger partial charge in [-0.25, -0.2) is 0 Å². The molecule has 0 N–H and O–H groups in total. The Hall–Kier alpha value is -0.720. The van der Waals surface area contributed by atoms with Crippen LogP contribution in [0.5, 0.6) is 0 Å². The topological polar surface area (TPSA) is 3.24 Å². The molecule has 0 amide bonds. The Kier molecular flexibility index (Phi) is 4.08. The monoisotopic (exact) mass is 167 g/mol. The minimum atomic E-state index is 0.294. The van der Waals surface area contributed by atoms with Crippen LogP contribution in [0.15, 0.2) is 24.4 Å². The summed E-state index contributed by atoms with van der Waals surface area (Å²) in [5.41, 5.74) is 1.72. The molecule has 0 spiro atoms. The first-order valence-electron chi connectivity index (χ1n) is 4.38. The Labute approximate surface area is 76.8 Å². The molecular formula is C11H21N. The lowest BCUT2D eigenvalue weighted by molar-refractivity contribution is 0.479. The van der Waals surface area contributed by atoms with Gasteiger partial charge in [-0.1, -0.05) is 39.0 Å². The van der Waals surface area contributed by atoms with E-state index in [9.17, 15) is 0 Å². The van der Waals surface area contributed by atoms with Crippen molar-refractivity contribution in [1.82, 2.24) is 4.90 Å². The molecule has 0 rings (SSSR count). The summed E-state index contributed by atoms with van der Waals surface area (Å²) in [4.78, 5) is 2.06. The molecule has 0 heterocycles. The lowest BCUT2D eigenvalue weighted by Crippen LogP contribution is -2.13. The molecule has 0 aliphatic rings. The standard InChI is InChI=1S/C11H21N/c1-7-12(6)9-8-10(2)11(3,4)5/h7-8H,1,9H2,2-6H3/b10-8+. The fourth-order valence-electron chi connectivity index (χ4n) is 0.662. The average Bonchev–Trinajstić information content (AvgIpc) is 1.97. The van der Waals surface area contributed by atoms with E-state index in [1.165, 1.54) is 5.57 Å². The normalized spacial score (nSPS) is 12.9. The van der Waals surface area contributed by atoms with Crippen molar-refractivity contribution in [2.24, 2.45) is 5.41 Å². The van der Waals surface area contributed by atoms with Crippen LogP contribution in [-0.4, -0.2) is 18.5 Å². The highest BCUT2D eigenvalue weighted by atomic mass is 15.1. The Morgan fingerprint density at radius 1 is 1.42 bits per heavy atom. The molecule has 0 unspecified atom stereocenters. The smallest absolute Gasteiger partial charge is 0.0353 e. The van der Waals surface area contributed by atoms with Gasteiger partial charge in [-0.3, -0.25) is 0 Å². The van der Waals surface area contributed by atoms with E-state index in [1.807, 2.05) is 13.2 Å². The van der Waals surface area contributed by atoms with E-state index < -0.39 is 0 Å². The molecule has 0 bridgehead atoms. The number of allylic oxidation sites excluding steroid dienone is 1. The second kappa shape index (κ2) is 4.34. The van der Waals surface area contributed by atoms with Crippen LogP contribution >= 0.6 is 0 Å². The van der Waals surface area contributed by atoms with Crippen LogP contribution in [0.3, 0.4) is 0 Å². The third-order valence-corrected chi connectivity index (χ3v) is 2.18. The summed E-state index contributed by atoms with van der Waals surface area (Å²) in [6, 6.07) is 0. The summed E-state index contributed by atoms with van der Waals surface area (Å²) >= 11 is 0. The van der Waals surface area contributed by atoms with Crippen LogP contribution in [0.1, 0.15) is 27.7 Å². The van der Waals surface area contributed by atoms with E-state index in [0.717, 1.165) is 6.54 Å². The van der Waals surface area contributed by atoms with Crippen molar-refractivity contribution in [1.29, 1.82) is 0 Å². The summed E-state index contributed by atoms with van der Waals surface area (Å²) in [5, 5.41) is 0. The van der Waals surface area contributed by atoms with Gasteiger partial charge in [0.05, 0.1) is 0 Å². The number of rotatable bonds is 3. The van der Waals surface area contributed by atoms with Gasteiger partial charge in [-0.2, -0.15) is 0 Å². The van der Waals surface area contributed by atoms with Gasteiger partial charge in [-0.15, -0.1) is 0 Å². The Bertz CT molecular complexity index is 172. The summed E-state index contributed by atoms with van der Waals surface area (Å²) in [5.74, 6) is 0. The van der Waals surface area contributed by atoms with Crippen molar-refractivity contribution in [3.05, 3.63) is 24.4 Å². The van der Waals surface area contributed by atoms with Gasteiger partial charge in [0.15, 0.2) is 0 Å². The van der Waals surface area contributed by atoms with Crippen LogP contribution in [0.25, 0.3) is 0 Å². The summed E-state index contributed by atoms with van der Waals surface area (Å²) < 4.78 is 0. The molecule has 0 aliphatic heterocycles. The zero-order valence-electron chi connectivity index (χ0n) is 9.02. The van der Waals surface area contributed by atoms with Crippen LogP contribution in [0.2, 0.25) is 0 Å². The molecule has 0 aromatic heterocycles. The molecule has 0 aromatic carbocycles. The molecule has 1 heteroatoms. The van der Waals surface area contributed by atoms with Gasteiger partial charge in [0, 0.05) is 13.6 Å². The maximum absolute atomic E-state index is 3.70. The molecular weight excluding hydrogens is 146 g/mol. The van der Waals surface area contributed by atoms with Gasteiger partial charge >= 0.3 is 0 Å². The highest BCUT2D eigenvalue weighted by molar-refractivity contribution is 5.08. The molecule has 0 fully saturated rings. The fraction of sp³-hybridized carbons (Fsp3) is 0.636. The van der Waals surface area contributed by atoms with Crippen molar-refractivity contribution >= 4 is 0 Å². The van der Waals surface area contributed by atoms with Gasteiger partial charge in [0.25, 0.3) is 0 Å². The molecule has 0 saturated heterocycles. The van der Waals surface area contributed by atoms with Crippen molar-refractivity contribution in [3.8, 4) is 0 Å². The predicted molar refractivity (Wildman–Crippen MR) is 56.0 cm³/mol. The number of nitrogens with zero attached hydrogens (tertiary/aromatic N) is 1. The SMILES string of the molecule is C=CN(C)C/C=C(\C)C(C)(C)C. The second-order valence-corrected chi connectivity index (χ2v) is 4.26. The van der Waals surface area contributed by atoms with Gasteiger partial charge in [-0.05, 0) is 18.5 Å². The van der Waals surface area contributed by atoms with Gasteiger partial charge in [0.1, 0.15) is 0 Å². The third kappa shape index (κ3) is 4.22. The highest BCUT2D eigenvalue weighted by Gasteiger charge is 2.11. The predicted octanol–water partition coefficient (Wildman–Crippen LogP) is 3.05. The van der Waals surface area contributed by atoms with Crippen molar-refractivity contribution in [2.75, 3.05) is 13.6 Å². The molecule has 0 aromatic rings. The average molecular weight is 167 g/mol. The van der Waals surface area contributed by atoms with Crippen molar-refractivity contribution in [3.63, 3.8) is 0 Å². The summed E-state index contributed by atoms with van der Waals surface area (Å²) in [7, 11) is 2.03. The molecule has 0 saturated carbocycles. The first-order chi connectivity index (χ1) is 5.38. The first-order valence-corrected chi connectivity index (χ1v) is 4.38. The van der Waals surface area contributed by atoms with Crippen molar-refractivity contribution in [2.45, 2.75) is 27.7 Å². The Morgan fingerprint density at radius 3 is 2.25 bits per heavy atom. The lowest BCUT2D eigenvalue weighted by atomic mass is 9.87. The maximum Gasteiger partial charge on any atom is 0.0353 e. The van der Waals surface area contributed by atoms with Crippen molar-refractivity contribution < 1.29 is 0 Å². The zero-order chi connectivity index (χ0) is 9.78. The lowest BCUT2D eigenvalue weighted by Gasteiger charge is -2.20. The molecule has 1 nitrogen and oxygen atoms in total. The summed E-state index contributed by atoms with van der Waals surface area (Å²) in [6.45, 7) is 13.5. The van der Waals surface area contributed by atoms with E-state index in [1.54, 1.807) is 0 Å². The van der Waals surface area contributed by atoms with Gasteiger partial charge < -0.3 is 4.90 Å².